The third kappa shape index (κ3) is 2.10. The first-order chi connectivity index (χ1) is 12.1. The number of ether oxygens (including phenoxy) is 2. The van der Waals surface area contributed by atoms with Crippen LogP contribution in [0.2, 0.25) is 0 Å². The number of rotatable bonds is 2. The standard InChI is InChI=1S/C21H28O5/c1-11(2)14-17(23)15-12(16(22)18(14)25-5)9-20-8-6-7-19(3,4)13(20)10-21(15,24)26-20/h11,13,24H,6-10H2,1-5H3/t13-,20-,21-/m1/s1. The van der Waals surface area contributed by atoms with Crippen molar-refractivity contribution in [1.82, 2.24) is 0 Å². The molecule has 0 aromatic heterocycles. The molecule has 0 unspecified atom stereocenters. The van der Waals surface area contributed by atoms with Crippen LogP contribution in [0.4, 0.5) is 0 Å². The number of aliphatic hydroxyl groups is 1. The molecule has 0 aromatic rings. The molecule has 1 saturated heterocycles. The maximum Gasteiger partial charge on any atom is 0.224 e. The fourth-order valence-electron chi connectivity index (χ4n) is 5.90. The summed E-state index contributed by atoms with van der Waals surface area (Å²) < 4.78 is 11.6. The Morgan fingerprint density at radius 3 is 2.50 bits per heavy atom. The zero-order chi connectivity index (χ0) is 19.1. The van der Waals surface area contributed by atoms with E-state index in [-0.39, 0.29) is 40.1 Å². The molecule has 2 bridgehead atoms. The number of carbonyl (C=O) groups is 2. The van der Waals surface area contributed by atoms with Crippen LogP contribution >= 0.6 is 0 Å². The summed E-state index contributed by atoms with van der Waals surface area (Å²) >= 11 is 0. The van der Waals surface area contributed by atoms with Gasteiger partial charge in [-0.15, -0.1) is 0 Å². The Morgan fingerprint density at radius 1 is 1.19 bits per heavy atom. The molecule has 2 fully saturated rings. The van der Waals surface area contributed by atoms with Gasteiger partial charge in [0.1, 0.15) is 0 Å². The second-order valence-electron chi connectivity index (χ2n) is 9.34. The Bertz CT molecular complexity index is 771. The zero-order valence-electron chi connectivity index (χ0n) is 16.3. The molecule has 0 aromatic carbocycles. The molecule has 5 heteroatoms. The molecular formula is C21H28O5. The molecule has 2 aliphatic carbocycles. The topological polar surface area (TPSA) is 72.8 Å². The zero-order valence-corrected chi connectivity index (χ0v) is 16.3. The van der Waals surface area contributed by atoms with E-state index in [9.17, 15) is 14.7 Å². The lowest BCUT2D eigenvalue weighted by atomic mass is 9.60. The van der Waals surface area contributed by atoms with Gasteiger partial charge >= 0.3 is 0 Å². The number of hydrogen-bond donors (Lipinski definition) is 1. The van der Waals surface area contributed by atoms with E-state index < -0.39 is 11.4 Å². The smallest absolute Gasteiger partial charge is 0.224 e. The summed E-state index contributed by atoms with van der Waals surface area (Å²) in [5.74, 6) is -2.12. The lowest BCUT2D eigenvalue weighted by molar-refractivity contribution is -0.220. The van der Waals surface area contributed by atoms with Crippen LogP contribution < -0.4 is 0 Å². The number of allylic oxidation sites excluding steroid dienone is 2. The van der Waals surface area contributed by atoms with E-state index in [1.807, 2.05) is 13.8 Å². The molecule has 4 aliphatic rings. The summed E-state index contributed by atoms with van der Waals surface area (Å²) in [7, 11) is 1.43. The highest BCUT2D eigenvalue weighted by Gasteiger charge is 2.67. The number of carbonyl (C=O) groups excluding carboxylic acids is 2. The minimum absolute atomic E-state index is 0.00182. The van der Waals surface area contributed by atoms with E-state index in [2.05, 4.69) is 13.8 Å². The summed E-state index contributed by atoms with van der Waals surface area (Å²) in [6.07, 6.45) is 3.64. The Morgan fingerprint density at radius 2 is 1.88 bits per heavy atom. The minimum atomic E-state index is -1.66. The molecule has 2 aliphatic heterocycles. The maximum absolute atomic E-state index is 13.3. The van der Waals surface area contributed by atoms with Crippen molar-refractivity contribution in [2.24, 2.45) is 17.3 Å². The number of Topliss-reactive ketones (excluding diaryl/α,β-unsaturated/α-hetero) is 2. The highest BCUT2D eigenvalue weighted by Crippen LogP contribution is 2.64. The molecule has 0 amide bonds. The van der Waals surface area contributed by atoms with Gasteiger partial charge < -0.3 is 14.6 Å². The Kier molecular flexibility index (Phi) is 3.65. The summed E-state index contributed by atoms with van der Waals surface area (Å²) in [6.45, 7) is 8.12. The van der Waals surface area contributed by atoms with Crippen LogP contribution in [0.3, 0.4) is 0 Å². The molecule has 1 N–H and O–H groups in total. The third-order valence-corrected chi connectivity index (χ3v) is 7.00. The molecular weight excluding hydrogens is 332 g/mol. The Labute approximate surface area is 154 Å². The number of methoxy groups -OCH3 is 1. The second kappa shape index (κ2) is 5.29. The molecule has 1 spiro atoms. The first-order valence-electron chi connectivity index (χ1n) is 9.60. The van der Waals surface area contributed by atoms with E-state index >= 15 is 0 Å². The molecule has 4 rings (SSSR count). The van der Waals surface area contributed by atoms with Crippen molar-refractivity contribution in [2.45, 2.75) is 71.2 Å². The first kappa shape index (κ1) is 17.9. The average Bonchev–Trinajstić information content (AvgIpc) is 2.78. The van der Waals surface area contributed by atoms with Crippen molar-refractivity contribution in [3.63, 3.8) is 0 Å². The molecule has 1 saturated carbocycles. The summed E-state index contributed by atoms with van der Waals surface area (Å²) in [5.41, 5.74) is 0.368. The van der Waals surface area contributed by atoms with Gasteiger partial charge in [0.15, 0.2) is 17.3 Å². The van der Waals surface area contributed by atoms with E-state index in [4.69, 9.17) is 9.47 Å². The third-order valence-electron chi connectivity index (χ3n) is 7.00. The number of fused-ring (bicyclic) bond motifs is 2. The van der Waals surface area contributed by atoms with Crippen molar-refractivity contribution in [2.75, 3.05) is 7.11 Å². The Hall–Kier alpha value is -1.46. The van der Waals surface area contributed by atoms with E-state index in [1.165, 1.54) is 7.11 Å². The SMILES string of the molecule is COC1=C(C(C)C)C(=O)C2=C(C[C@]34CCCC(C)(C)[C@H]3C[C@@]2(O)O4)C1=O. The van der Waals surface area contributed by atoms with Crippen LogP contribution in [0.5, 0.6) is 0 Å². The summed E-state index contributed by atoms with van der Waals surface area (Å²) in [5, 5.41) is 11.4. The van der Waals surface area contributed by atoms with Crippen molar-refractivity contribution < 1.29 is 24.2 Å². The van der Waals surface area contributed by atoms with Gasteiger partial charge in [0.25, 0.3) is 0 Å². The quantitative estimate of drug-likeness (QED) is 0.766. The van der Waals surface area contributed by atoms with Crippen molar-refractivity contribution >= 4 is 11.6 Å². The van der Waals surface area contributed by atoms with E-state index in [0.717, 1.165) is 19.3 Å². The second-order valence-corrected chi connectivity index (χ2v) is 9.34. The number of ketones is 2. The van der Waals surface area contributed by atoms with E-state index in [1.54, 1.807) is 0 Å². The van der Waals surface area contributed by atoms with Crippen molar-refractivity contribution in [1.29, 1.82) is 0 Å². The van der Waals surface area contributed by atoms with Gasteiger partial charge in [0.2, 0.25) is 5.78 Å². The van der Waals surface area contributed by atoms with Gasteiger partial charge in [0.05, 0.1) is 18.3 Å². The predicted molar refractivity (Wildman–Crippen MR) is 95.0 cm³/mol. The molecule has 5 nitrogen and oxygen atoms in total. The Balaban J connectivity index is 1.87. The molecule has 142 valence electrons. The molecule has 26 heavy (non-hydrogen) atoms. The van der Waals surface area contributed by atoms with Crippen molar-refractivity contribution in [3.05, 3.63) is 22.5 Å². The van der Waals surface area contributed by atoms with Gasteiger partial charge in [-0.2, -0.15) is 0 Å². The van der Waals surface area contributed by atoms with Crippen LogP contribution in [0.1, 0.15) is 59.8 Å². The largest absolute Gasteiger partial charge is 0.492 e. The van der Waals surface area contributed by atoms with Gasteiger partial charge in [-0.1, -0.05) is 34.1 Å². The van der Waals surface area contributed by atoms with E-state index in [0.29, 0.717) is 24.0 Å². The van der Waals surface area contributed by atoms with Crippen LogP contribution in [0.25, 0.3) is 0 Å². The molecule has 2 heterocycles. The van der Waals surface area contributed by atoms with Gasteiger partial charge in [-0.25, -0.2) is 0 Å². The monoisotopic (exact) mass is 360 g/mol. The van der Waals surface area contributed by atoms with Crippen molar-refractivity contribution in [3.8, 4) is 0 Å². The molecule has 0 radical (unpaired) electrons. The normalized spacial score (nSPS) is 38.7. The first-order valence-corrected chi connectivity index (χ1v) is 9.60. The van der Waals surface area contributed by atoms with Gasteiger partial charge in [-0.3, -0.25) is 9.59 Å². The highest BCUT2D eigenvalue weighted by molar-refractivity contribution is 6.25. The van der Waals surface area contributed by atoms with Gasteiger partial charge in [-0.05, 0) is 30.1 Å². The fraction of sp³-hybridized carbons (Fsp3) is 0.714. The lowest BCUT2D eigenvalue weighted by Crippen LogP contribution is -2.51. The lowest BCUT2D eigenvalue weighted by Gasteiger charge is -2.49. The predicted octanol–water partition coefficient (Wildman–Crippen LogP) is 3.07. The van der Waals surface area contributed by atoms with Gasteiger partial charge in [0, 0.05) is 24.0 Å². The maximum atomic E-state index is 13.3. The summed E-state index contributed by atoms with van der Waals surface area (Å²) in [4.78, 5) is 26.5. The highest BCUT2D eigenvalue weighted by atomic mass is 16.6. The van der Waals surface area contributed by atoms with Crippen LogP contribution in [0, 0.1) is 17.3 Å². The number of hydrogen-bond acceptors (Lipinski definition) is 5. The minimum Gasteiger partial charge on any atom is -0.492 e. The average molecular weight is 360 g/mol. The van der Waals surface area contributed by atoms with Crippen LogP contribution in [-0.4, -0.2) is 35.2 Å². The van der Waals surface area contributed by atoms with Crippen LogP contribution in [0.15, 0.2) is 22.5 Å². The molecule has 3 atom stereocenters. The summed E-state index contributed by atoms with van der Waals surface area (Å²) in [6, 6.07) is 0. The fourth-order valence-corrected chi connectivity index (χ4v) is 5.90. The van der Waals surface area contributed by atoms with Crippen LogP contribution in [-0.2, 0) is 19.1 Å².